The molecule has 0 saturated heterocycles. The summed E-state index contributed by atoms with van der Waals surface area (Å²) >= 11 is 0. The zero-order valence-corrected chi connectivity index (χ0v) is 68.1. The topological polar surface area (TPSA) is 237 Å². The molecule has 5 atom stereocenters. The molecule has 0 aliphatic heterocycles. The van der Waals surface area contributed by atoms with Crippen LogP contribution in [0.2, 0.25) is 0 Å². The predicted octanol–water partition coefficient (Wildman–Crippen LogP) is 25.1. The Morgan fingerprint density at radius 2 is 0.451 bits per heavy atom. The predicted molar refractivity (Wildman–Crippen MR) is 418 cm³/mol. The van der Waals surface area contributed by atoms with Crippen LogP contribution >= 0.6 is 15.6 Å². The molecule has 604 valence electrons. The molecule has 17 nitrogen and oxygen atoms in total. The Morgan fingerprint density at radius 3 is 0.676 bits per heavy atom. The fraction of sp³-hybridized carbons (Fsp3) is 0.928. The van der Waals surface area contributed by atoms with Crippen molar-refractivity contribution in [2.75, 3.05) is 39.6 Å². The van der Waals surface area contributed by atoms with Crippen LogP contribution in [0.3, 0.4) is 0 Å². The van der Waals surface area contributed by atoms with E-state index in [4.69, 9.17) is 37.0 Å². The van der Waals surface area contributed by atoms with Crippen LogP contribution in [0.4, 0.5) is 0 Å². The first kappa shape index (κ1) is 99.8. The van der Waals surface area contributed by atoms with E-state index in [0.29, 0.717) is 25.7 Å². The van der Waals surface area contributed by atoms with Crippen molar-refractivity contribution in [1.29, 1.82) is 0 Å². The Bertz CT molecular complexity index is 1980. The summed E-state index contributed by atoms with van der Waals surface area (Å²) in [4.78, 5) is 73.2. The van der Waals surface area contributed by atoms with E-state index in [-0.39, 0.29) is 25.7 Å². The maximum atomic E-state index is 13.1. The Morgan fingerprint density at radius 1 is 0.265 bits per heavy atom. The average Bonchev–Trinajstić information content (AvgIpc) is 0.922. The van der Waals surface area contributed by atoms with E-state index in [1.54, 1.807) is 0 Å². The normalized spacial score (nSPS) is 13.8. The van der Waals surface area contributed by atoms with Crippen molar-refractivity contribution in [2.45, 2.75) is 457 Å². The van der Waals surface area contributed by atoms with Crippen molar-refractivity contribution in [3.05, 3.63) is 12.2 Å². The number of allylic oxidation sites excluding steroid dienone is 2. The highest BCUT2D eigenvalue weighted by atomic mass is 31.2. The van der Waals surface area contributed by atoms with Gasteiger partial charge in [-0.2, -0.15) is 0 Å². The molecule has 0 aliphatic rings. The molecule has 0 bridgehead atoms. The van der Waals surface area contributed by atoms with Gasteiger partial charge in [0.05, 0.1) is 26.4 Å². The fourth-order valence-corrected chi connectivity index (χ4v) is 14.3. The zero-order chi connectivity index (χ0) is 74.6. The van der Waals surface area contributed by atoms with Crippen LogP contribution in [0.25, 0.3) is 0 Å². The van der Waals surface area contributed by atoms with Crippen LogP contribution in [-0.2, 0) is 65.4 Å². The highest BCUT2D eigenvalue weighted by Crippen LogP contribution is 2.45. The number of aliphatic hydroxyl groups is 1. The second-order valence-corrected chi connectivity index (χ2v) is 32.4. The van der Waals surface area contributed by atoms with Crippen LogP contribution in [0.5, 0.6) is 0 Å². The number of esters is 4. The molecular weight excluding hydrogens is 1330 g/mol. The van der Waals surface area contributed by atoms with E-state index in [2.05, 4.69) is 39.8 Å². The lowest BCUT2D eigenvalue weighted by molar-refractivity contribution is -0.161. The maximum absolute atomic E-state index is 13.1. The van der Waals surface area contributed by atoms with Crippen LogP contribution in [0, 0.1) is 0 Å². The lowest BCUT2D eigenvalue weighted by Crippen LogP contribution is -2.30. The zero-order valence-electron chi connectivity index (χ0n) is 66.3. The van der Waals surface area contributed by atoms with Gasteiger partial charge in [0.15, 0.2) is 12.2 Å². The molecule has 0 aromatic rings. The van der Waals surface area contributed by atoms with E-state index in [1.165, 1.54) is 250 Å². The minimum atomic E-state index is -4.97. The first-order valence-electron chi connectivity index (χ1n) is 42.9. The van der Waals surface area contributed by atoms with Crippen molar-refractivity contribution >= 4 is 39.5 Å². The summed E-state index contributed by atoms with van der Waals surface area (Å²) in [6.07, 6.45) is 71.7. The molecule has 0 aliphatic carbocycles. The summed E-state index contributed by atoms with van der Waals surface area (Å²) in [6.45, 7) is 5.02. The molecule has 0 rings (SSSR count). The number of hydrogen-bond acceptors (Lipinski definition) is 15. The van der Waals surface area contributed by atoms with Crippen molar-refractivity contribution in [3.8, 4) is 0 Å². The van der Waals surface area contributed by atoms with Crippen LogP contribution in [0.15, 0.2) is 12.2 Å². The van der Waals surface area contributed by atoms with E-state index in [9.17, 15) is 43.2 Å². The molecule has 0 fully saturated rings. The molecule has 3 N–H and O–H groups in total. The Balaban J connectivity index is 5.29. The lowest BCUT2D eigenvalue weighted by Gasteiger charge is -2.21. The van der Waals surface area contributed by atoms with E-state index in [0.717, 1.165) is 109 Å². The van der Waals surface area contributed by atoms with Gasteiger partial charge in [-0.25, -0.2) is 9.13 Å². The summed E-state index contributed by atoms with van der Waals surface area (Å²) in [5, 5.41) is 10.7. The third kappa shape index (κ3) is 76.0. The van der Waals surface area contributed by atoms with Gasteiger partial charge in [0.1, 0.15) is 19.3 Å². The van der Waals surface area contributed by atoms with Gasteiger partial charge in [0.2, 0.25) is 0 Å². The number of rotatable bonds is 83. The third-order valence-corrected chi connectivity index (χ3v) is 21.2. The SMILES string of the molecule is CCCCCCCC/C=C\CCCCCCCC(=O)OC[C@H](COP(=O)(O)OC[C@H](O)COP(=O)(O)OC[C@@H](COC(=O)CCCCCCCCCCCCCCCCC)OC(=O)CCCCCCCCCCCCCCCCCCC)OC(=O)CCCCCCCCCCCCCCCCC. The number of phosphoric ester groups is 2. The van der Waals surface area contributed by atoms with Gasteiger partial charge in [-0.05, 0) is 51.4 Å². The van der Waals surface area contributed by atoms with Gasteiger partial charge >= 0.3 is 39.5 Å². The van der Waals surface area contributed by atoms with Crippen LogP contribution in [0.1, 0.15) is 439 Å². The van der Waals surface area contributed by atoms with E-state index >= 15 is 0 Å². The van der Waals surface area contributed by atoms with Crippen molar-refractivity contribution < 1.29 is 80.2 Å². The van der Waals surface area contributed by atoms with Crippen molar-refractivity contribution in [1.82, 2.24) is 0 Å². The van der Waals surface area contributed by atoms with Gasteiger partial charge in [-0.15, -0.1) is 0 Å². The summed E-state index contributed by atoms with van der Waals surface area (Å²) in [5.74, 6) is -2.12. The second kappa shape index (κ2) is 77.0. The molecule has 102 heavy (non-hydrogen) atoms. The van der Waals surface area contributed by atoms with Crippen LogP contribution < -0.4 is 0 Å². The number of carbonyl (C=O) groups excluding carboxylic acids is 4. The summed E-state index contributed by atoms with van der Waals surface area (Å²) in [7, 11) is -9.93. The minimum absolute atomic E-state index is 0.105. The third-order valence-electron chi connectivity index (χ3n) is 19.3. The van der Waals surface area contributed by atoms with Gasteiger partial charge < -0.3 is 33.8 Å². The van der Waals surface area contributed by atoms with Gasteiger partial charge in [-0.1, -0.05) is 374 Å². The molecule has 0 amide bonds. The minimum Gasteiger partial charge on any atom is -0.462 e. The molecular formula is C83H160O17P2. The molecule has 2 unspecified atom stereocenters. The molecule has 0 radical (unpaired) electrons. The summed E-state index contributed by atoms with van der Waals surface area (Å²) in [5.41, 5.74) is 0. The second-order valence-electron chi connectivity index (χ2n) is 29.5. The first-order valence-corrected chi connectivity index (χ1v) is 45.9. The van der Waals surface area contributed by atoms with Gasteiger partial charge in [0, 0.05) is 25.7 Å². The fourth-order valence-electron chi connectivity index (χ4n) is 12.7. The smallest absolute Gasteiger partial charge is 0.462 e. The van der Waals surface area contributed by atoms with Crippen molar-refractivity contribution in [2.24, 2.45) is 0 Å². The number of aliphatic hydroxyl groups excluding tert-OH is 1. The summed E-state index contributed by atoms with van der Waals surface area (Å²) in [6, 6.07) is 0. The maximum Gasteiger partial charge on any atom is 0.472 e. The monoisotopic (exact) mass is 1490 g/mol. The lowest BCUT2D eigenvalue weighted by atomic mass is 10.0. The number of ether oxygens (including phenoxy) is 4. The Labute approximate surface area is 625 Å². The number of carbonyl (C=O) groups is 4. The van der Waals surface area contributed by atoms with Crippen LogP contribution in [-0.4, -0.2) is 96.7 Å². The van der Waals surface area contributed by atoms with E-state index in [1.807, 2.05) is 0 Å². The Kier molecular flexibility index (Phi) is 75.3. The standard InChI is InChI=1S/C83H160O17P2/c1-5-9-13-17-21-25-29-33-37-38-42-46-50-54-58-62-66-70-83(88)100-79(74-94-81(86)68-64-60-56-52-48-44-40-35-31-27-23-19-15-11-7-3)76-98-102(91,92)96-72-77(84)71-95-101(89,90)97-75-78(99-82(87)69-65-61-57-53-49-45-41-36-32-28-24-20-16-12-8-4)73-93-80(85)67-63-59-55-51-47-43-39-34-30-26-22-18-14-10-6-2/h34,39,77-79,84H,5-33,35-38,40-76H2,1-4H3,(H,89,90)(H,91,92)/b39-34-/t77-,78+,79+/m0/s1. The average molecular weight is 1490 g/mol. The Hall–Kier alpha value is -2.20. The highest BCUT2D eigenvalue weighted by Gasteiger charge is 2.30. The molecule has 0 spiro atoms. The van der Waals surface area contributed by atoms with Gasteiger partial charge in [0.25, 0.3) is 0 Å². The quantitative estimate of drug-likeness (QED) is 0.0169. The molecule has 0 aromatic carbocycles. The summed E-state index contributed by atoms with van der Waals surface area (Å²) < 4.78 is 68.8. The largest absolute Gasteiger partial charge is 0.472 e. The number of hydrogen-bond donors (Lipinski definition) is 3. The molecule has 0 saturated carbocycles. The molecule has 0 aromatic heterocycles. The number of unbranched alkanes of at least 4 members (excludes halogenated alkanes) is 55. The molecule has 19 heteroatoms. The molecule has 0 heterocycles. The van der Waals surface area contributed by atoms with E-state index < -0.39 is 97.5 Å². The first-order chi connectivity index (χ1) is 49.7. The van der Waals surface area contributed by atoms with Crippen molar-refractivity contribution in [3.63, 3.8) is 0 Å². The number of phosphoric acid groups is 2. The highest BCUT2D eigenvalue weighted by molar-refractivity contribution is 7.47. The van der Waals surface area contributed by atoms with Gasteiger partial charge in [-0.3, -0.25) is 37.3 Å².